The molecule has 8 heteroatoms. The minimum Gasteiger partial charge on any atom is -0.350 e. The second-order valence-corrected chi connectivity index (χ2v) is 7.02. The molecule has 1 aliphatic heterocycles. The quantitative estimate of drug-likeness (QED) is 0.807. The molecule has 1 atom stereocenters. The van der Waals surface area contributed by atoms with E-state index in [-0.39, 0.29) is 12.0 Å². The number of hydrogen-bond acceptors (Lipinski definition) is 4. The fourth-order valence-electron chi connectivity index (χ4n) is 2.93. The molecule has 4 nitrogen and oxygen atoms in total. The highest BCUT2D eigenvalue weighted by Gasteiger charge is 2.33. The van der Waals surface area contributed by atoms with E-state index in [1.807, 2.05) is 12.1 Å². The highest BCUT2D eigenvalue weighted by atomic mass is 79.9. The van der Waals surface area contributed by atoms with Crippen molar-refractivity contribution >= 4 is 21.9 Å². The first kappa shape index (κ1) is 18.1. The van der Waals surface area contributed by atoms with E-state index >= 15 is 0 Å². The van der Waals surface area contributed by atoms with Gasteiger partial charge in [0.2, 0.25) is 5.95 Å². The van der Waals surface area contributed by atoms with Gasteiger partial charge < -0.3 is 5.32 Å². The first-order chi connectivity index (χ1) is 11.9. The molecule has 0 saturated carbocycles. The molecule has 2 heterocycles. The average Bonchev–Trinajstić information content (AvgIpc) is 2.57. The highest BCUT2D eigenvalue weighted by molar-refractivity contribution is 9.10. The number of hydrogen-bond donors (Lipinski definition) is 1. The van der Waals surface area contributed by atoms with Gasteiger partial charge in [0.15, 0.2) is 0 Å². The summed E-state index contributed by atoms with van der Waals surface area (Å²) in [5.41, 5.74) is 0.284. The zero-order chi connectivity index (χ0) is 17.9. The summed E-state index contributed by atoms with van der Waals surface area (Å²) in [4.78, 5) is 9.80. The van der Waals surface area contributed by atoms with Gasteiger partial charge in [-0.2, -0.15) is 13.2 Å². The Morgan fingerprint density at radius 2 is 1.96 bits per heavy atom. The summed E-state index contributed by atoms with van der Waals surface area (Å²) < 4.78 is 39.3. The Hall–Kier alpha value is -1.67. The van der Waals surface area contributed by atoms with Gasteiger partial charge in [-0.15, -0.1) is 0 Å². The van der Waals surface area contributed by atoms with Gasteiger partial charge in [-0.3, -0.25) is 4.90 Å². The Kier molecular flexibility index (Phi) is 5.58. The maximum Gasteiger partial charge on any atom is 0.433 e. The van der Waals surface area contributed by atoms with Gasteiger partial charge in [0, 0.05) is 29.8 Å². The Morgan fingerprint density at radius 3 is 2.68 bits per heavy atom. The third-order valence-corrected chi connectivity index (χ3v) is 4.63. The van der Waals surface area contributed by atoms with E-state index in [1.54, 1.807) is 0 Å². The molecule has 1 aromatic heterocycles. The standard InChI is InChI=1S/C17H18BrF3N4/c18-13-5-3-12(4-6-13)10-25-9-1-2-14(11-25)23-16-22-8-7-15(24-16)17(19,20)21/h3-8,14H,1-2,9-11H2,(H,22,23,24). The van der Waals surface area contributed by atoms with Crippen molar-refractivity contribution in [1.29, 1.82) is 0 Å². The lowest BCUT2D eigenvalue weighted by Gasteiger charge is -2.33. The second-order valence-electron chi connectivity index (χ2n) is 6.11. The molecule has 1 N–H and O–H groups in total. The van der Waals surface area contributed by atoms with Gasteiger partial charge in [-0.1, -0.05) is 28.1 Å². The molecule has 1 fully saturated rings. The largest absolute Gasteiger partial charge is 0.433 e. The topological polar surface area (TPSA) is 41.1 Å². The number of likely N-dealkylation sites (tertiary alicyclic amines) is 1. The number of alkyl halides is 3. The molecule has 1 aromatic carbocycles. The van der Waals surface area contributed by atoms with Crippen LogP contribution in [0, 0.1) is 0 Å². The van der Waals surface area contributed by atoms with Crippen molar-refractivity contribution in [2.75, 3.05) is 18.4 Å². The molecule has 0 spiro atoms. The summed E-state index contributed by atoms with van der Waals surface area (Å²) in [6.45, 7) is 2.53. The van der Waals surface area contributed by atoms with E-state index in [0.717, 1.165) is 49.2 Å². The average molecular weight is 415 g/mol. The van der Waals surface area contributed by atoms with Crippen molar-refractivity contribution in [3.63, 3.8) is 0 Å². The van der Waals surface area contributed by atoms with Crippen LogP contribution in [0.25, 0.3) is 0 Å². The monoisotopic (exact) mass is 414 g/mol. The van der Waals surface area contributed by atoms with Gasteiger partial charge in [0.25, 0.3) is 0 Å². The summed E-state index contributed by atoms with van der Waals surface area (Å²) in [5, 5.41) is 3.05. The molecule has 0 aliphatic carbocycles. The van der Waals surface area contributed by atoms with Crippen LogP contribution in [0.1, 0.15) is 24.1 Å². The van der Waals surface area contributed by atoms with E-state index in [2.05, 4.69) is 48.2 Å². The van der Waals surface area contributed by atoms with E-state index < -0.39 is 11.9 Å². The molecular weight excluding hydrogens is 397 g/mol. The van der Waals surface area contributed by atoms with E-state index in [4.69, 9.17) is 0 Å². The van der Waals surface area contributed by atoms with Crippen LogP contribution < -0.4 is 5.32 Å². The Morgan fingerprint density at radius 1 is 1.20 bits per heavy atom. The first-order valence-electron chi connectivity index (χ1n) is 8.04. The van der Waals surface area contributed by atoms with Crippen molar-refractivity contribution in [3.05, 3.63) is 52.3 Å². The number of aromatic nitrogens is 2. The molecule has 1 aliphatic rings. The van der Waals surface area contributed by atoms with Crippen molar-refractivity contribution in [3.8, 4) is 0 Å². The molecule has 2 aromatic rings. The summed E-state index contributed by atoms with van der Waals surface area (Å²) in [6.07, 6.45) is -1.45. The number of anilines is 1. The van der Waals surface area contributed by atoms with Crippen molar-refractivity contribution in [1.82, 2.24) is 14.9 Å². The lowest BCUT2D eigenvalue weighted by Crippen LogP contribution is -2.42. The fourth-order valence-corrected chi connectivity index (χ4v) is 3.20. The maximum absolute atomic E-state index is 12.7. The normalized spacial score (nSPS) is 19.0. The fraction of sp³-hybridized carbons (Fsp3) is 0.412. The van der Waals surface area contributed by atoms with Crippen LogP contribution in [0.5, 0.6) is 0 Å². The van der Waals surface area contributed by atoms with Crippen LogP contribution in [-0.4, -0.2) is 34.0 Å². The Labute approximate surface area is 152 Å². The van der Waals surface area contributed by atoms with Gasteiger partial charge in [-0.05, 0) is 43.1 Å². The molecule has 0 bridgehead atoms. The van der Waals surface area contributed by atoms with Crippen LogP contribution in [0.3, 0.4) is 0 Å². The third kappa shape index (κ3) is 5.15. The van der Waals surface area contributed by atoms with Crippen molar-refractivity contribution in [2.24, 2.45) is 0 Å². The number of piperidine rings is 1. The third-order valence-electron chi connectivity index (χ3n) is 4.10. The lowest BCUT2D eigenvalue weighted by molar-refractivity contribution is -0.141. The predicted octanol–water partition coefficient (Wildman–Crippen LogP) is 4.33. The predicted molar refractivity (Wildman–Crippen MR) is 93.1 cm³/mol. The summed E-state index contributed by atoms with van der Waals surface area (Å²) in [6, 6.07) is 9.06. The highest BCUT2D eigenvalue weighted by Crippen LogP contribution is 2.28. The second kappa shape index (κ2) is 7.70. The number of halogens is 4. The van der Waals surface area contributed by atoms with Crippen LogP contribution in [-0.2, 0) is 12.7 Å². The van der Waals surface area contributed by atoms with Crippen LogP contribution in [0.4, 0.5) is 19.1 Å². The van der Waals surface area contributed by atoms with Gasteiger partial charge >= 0.3 is 6.18 Å². The van der Waals surface area contributed by atoms with Crippen molar-refractivity contribution in [2.45, 2.75) is 31.6 Å². The van der Waals surface area contributed by atoms with Crippen LogP contribution >= 0.6 is 15.9 Å². The summed E-state index contributed by atoms with van der Waals surface area (Å²) in [7, 11) is 0. The molecule has 3 rings (SSSR count). The molecule has 0 amide bonds. The smallest absolute Gasteiger partial charge is 0.350 e. The summed E-state index contributed by atoms with van der Waals surface area (Å²) >= 11 is 3.42. The lowest BCUT2D eigenvalue weighted by atomic mass is 10.0. The number of benzene rings is 1. The molecule has 1 saturated heterocycles. The van der Waals surface area contributed by atoms with Gasteiger partial charge in [-0.25, -0.2) is 9.97 Å². The number of nitrogens with one attached hydrogen (secondary N) is 1. The van der Waals surface area contributed by atoms with Gasteiger partial charge in [0.05, 0.1) is 0 Å². The molecule has 134 valence electrons. The van der Waals surface area contributed by atoms with Crippen LogP contribution in [0.15, 0.2) is 41.0 Å². The van der Waals surface area contributed by atoms with E-state index in [9.17, 15) is 13.2 Å². The SMILES string of the molecule is FC(F)(F)c1ccnc(NC2CCCN(Cc3ccc(Br)cc3)C2)n1. The Bertz CT molecular complexity index is 706. The number of rotatable bonds is 4. The molecule has 1 unspecified atom stereocenters. The number of nitrogens with zero attached hydrogens (tertiary/aromatic N) is 3. The maximum atomic E-state index is 12.7. The van der Waals surface area contributed by atoms with E-state index in [1.165, 1.54) is 5.56 Å². The zero-order valence-electron chi connectivity index (χ0n) is 13.4. The molecular formula is C17H18BrF3N4. The zero-order valence-corrected chi connectivity index (χ0v) is 15.0. The molecule has 25 heavy (non-hydrogen) atoms. The first-order valence-corrected chi connectivity index (χ1v) is 8.83. The van der Waals surface area contributed by atoms with Gasteiger partial charge in [0.1, 0.15) is 5.69 Å². The minimum absolute atomic E-state index is 0.0327. The van der Waals surface area contributed by atoms with Crippen LogP contribution in [0.2, 0.25) is 0 Å². The molecule has 0 radical (unpaired) electrons. The minimum atomic E-state index is -4.46. The summed E-state index contributed by atoms with van der Waals surface area (Å²) in [5.74, 6) is 0.0327. The Balaban J connectivity index is 1.61. The van der Waals surface area contributed by atoms with E-state index in [0.29, 0.717) is 0 Å². The van der Waals surface area contributed by atoms with Crippen molar-refractivity contribution < 1.29 is 13.2 Å².